The number of rotatable bonds is 6. The highest BCUT2D eigenvalue weighted by Gasteiger charge is 2.23. The lowest BCUT2D eigenvalue weighted by Gasteiger charge is -2.09. The lowest BCUT2D eigenvalue weighted by Crippen LogP contribution is -2.22. The van der Waals surface area contributed by atoms with E-state index >= 15 is 0 Å². The Morgan fingerprint density at radius 1 is 1.55 bits per heavy atom. The van der Waals surface area contributed by atoms with E-state index in [1.807, 2.05) is 7.05 Å². The average Bonchev–Trinajstić information content (AvgIpc) is 2.72. The number of hydrogen-bond acceptors (Lipinski definition) is 2. The quantitative estimate of drug-likeness (QED) is 0.565. The van der Waals surface area contributed by atoms with Gasteiger partial charge in [0.05, 0.1) is 0 Å². The van der Waals surface area contributed by atoms with Crippen LogP contribution in [0.5, 0.6) is 0 Å². The zero-order valence-electron chi connectivity index (χ0n) is 7.47. The molecule has 0 spiro atoms. The van der Waals surface area contributed by atoms with Crippen LogP contribution in [0, 0.1) is 5.92 Å². The van der Waals surface area contributed by atoms with Gasteiger partial charge in [0.2, 0.25) is 0 Å². The first-order valence-corrected chi connectivity index (χ1v) is 4.73. The Labute approximate surface area is 69.5 Å². The third-order valence-corrected chi connectivity index (χ3v) is 2.33. The molecule has 1 unspecified atom stereocenters. The van der Waals surface area contributed by atoms with Crippen LogP contribution in [0.15, 0.2) is 0 Å². The molecule has 0 aromatic carbocycles. The normalized spacial score (nSPS) is 20.2. The first kappa shape index (κ1) is 9.01. The Morgan fingerprint density at radius 2 is 2.27 bits per heavy atom. The molecule has 66 valence electrons. The van der Waals surface area contributed by atoms with Crippen LogP contribution in [0.25, 0.3) is 0 Å². The standard InChI is InChI=1S/C9H20N2/c1-11-6-2-3-9(10)7-8-4-5-8/h8-9,11H,2-7,10H2,1H3. The van der Waals surface area contributed by atoms with Gasteiger partial charge < -0.3 is 11.1 Å². The Hall–Kier alpha value is -0.0800. The second-order valence-electron chi connectivity index (χ2n) is 3.68. The SMILES string of the molecule is CNCCCC(N)CC1CC1. The lowest BCUT2D eigenvalue weighted by atomic mass is 10.1. The summed E-state index contributed by atoms with van der Waals surface area (Å²) in [5.74, 6) is 0.986. The fourth-order valence-electron chi connectivity index (χ4n) is 1.44. The van der Waals surface area contributed by atoms with Crippen molar-refractivity contribution in [1.29, 1.82) is 0 Å². The molecule has 1 saturated carbocycles. The van der Waals surface area contributed by atoms with Gasteiger partial charge in [-0.15, -0.1) is 0 Å². The third kappa shape index (κ3) is 4.38. The van der Waals surface area contributed by atoms with E-state index in [0.717, 1.165) is 12.5 Å². The van der Waals surface area contributed by atoms with Gasteiger partial charge in [0, 0.05) is 6.04 Å². The maximum absolute atomic E-state index is 5.93. The zero-order valence-corrected chi connectivity index (χ0v) is 7.47. The summed E-state index contributed by atoms with van der Waals surface area (Å²) >= 11 is 0. The van der Waals surface area contributed by atoms with Crippen molar-refractivity contribution in [3.05, 3.63) is 0 Å². The molecule has 0 bridgehead atoms. The topological polar surface area (TPSA) is 38.0 Å². The minimum Gasteiger partial charge on any atom is -0.328 e. The van der Waals surface area contributed by atoms with E-state index in [-0.39, 0.29) is 0 Å². The van der Waals surface area contributed by atoms with E-state index in [0.29, 0.717) is 6.04 Å². The summed E-state index contributed by atoms with van der Waals surface area (Å²) in [7, 11) is 1.99. The van der Waals surface area contributed by atoms with E-state index < -0.39 is 0 Å². The van der Waals surface area contributed by atoms with Gasteiger partial charge in [0.25, 0.3) is 0 Å². The summed E-state index contributed by atoms with van der Waals surface area (Å²) in [6, 6.07) is 0.468. The van der Waals surface area contributed by atoms with E-state index in [1.165, 1.54) is 32.1 Å². The first-order valence-electron chi connectivity index (χ1n) is 4.73. The van der Waals surface area contributed by atoms with Crippen LogP contribution in [0.2, 0.25) is 0 Å². The van der Waals surface area contributed by atoms with Crippen LogP contribution in [0.3, 0.4) is 0 Å². The molecule has 2 heteroatoms. The molecule has 1 atom stereocenters. The molecule has 1 fully saturated rings. The highest BCUT2D eigenvalue weighted by molar-refractivity contribution is 4.78. The number of hydrogen-bond donors (Lipinski definition) is 2. The minimum absolute atomic E-state index is 0.468. The monoisotopic (exact) mass is 156 g/mol. The van der Waals surface area contributed by atoms with Gasteiger partial charge in [-0.2, -0.15) is 0 Å². The highest BCUT2D eigenvalue weighted by atomic mass is 14.8. The van der Waals surface area contributed by atoms with Crippen molar-refractivity contribution in [2.75, 3.05) is 13.6 Å². The summed E-state index contributed by atoms with van der Waals surface area (Å²) in [6.07, 6.45) is 6.55. The molecular weight excluding hydrogens is 136 g/mol. The molecule has 2 nitrogen and oxygen atoms in total. The fourth-order valence-corrected chi connectivity index (χ4v) is 1.44. The summed E-state index contributed by atoms with van der Waals surface area (Å²) in [5, 5.41) is 3.14. The van der Waals surface area contributed by atoms with Crippen LogP contribution >= 0.6 is 0 Å². The predicted molar refractivity (Wildman–Crippen MR) is 48.5 cm³/mol. The maximum atomic E-state index is 5.93. The Bertz CT molecular complexity index is 99.7. The summed E-state index contributed by atoms with van der Waals surface area (Å²) in [6.45, 7) is 1.11. The second-order valence-corrected chi connectivity index (χ2v) is 3.68. The van der Waals surface area contributed by atoms with Gasteiger partial charge >= 0.3 is 0 Å². The second kappa shape index (κ2) is 4.73. The lowest BCUT2D eigenvalue weighted by molar-refractivity contribution is 0.509. The van der Waals surface area contributed by atoms with Gasteiger partial charge in [-0.05, 0) is 38.8 Å². The molecule has 11 heavy (non-hydrogen) atoms. The van der Waals surface area contributed by atoms with E-state index in [9.17, 15) is 0 Å². The maximum Gasteiger partial charge on any atom is 0.00419 e. The van der Waals surface area contributed by atoms with Crippen LogP contribution in [-0.4, -0.2) is 19.6 Å². The van der Waals surface area contributed by atoms with Crippen LogP contribution in [0.4, 0.5) is 0 Å². The van der Waals surface area contributed by atoms with Crippen molar-refractivity contribution in [3.8, 4) is 0 Å². The summed E-state index contributed by atoms with van der Waals surface area (Å²) in [5.41, 5.74) is 5.93. The molecule has 0 radical (unpaired) electrons. The molecule has 0 aromatic rings. The van der Waals surface area contributed by atoms with E-state index in [4.69, 9.17) is 5.73 Å². The molecule has 0 amide bonds. The van der Waals surface area contributed by atoms with Crippen molar-refractivity contribution in [1.82, 2.24) is 5.32 Å². The Kier molecular flexibility index (Phi) is 3.87. The zero-order chi connectivity index (χ0) is 8.10. The van der Waals surface area contributed by atoms with E-state index in [2.05, 4.69) is 5.32 Å². The van der Waals surface area contributed by atoms with Crippen molar-refractivity contribution < 1.29 is 0 Å². The van der Waals surface area contributed by atoms with Gasteiger partial charge in [-0.3, -0.25) is 0 Å². The van der Waals surface area contributed by atoms with Gasteiger partial charge in [0.1, 0.15) is 0 Å². The third-order valence-electron chi connectivity index (χ3n) is 2.33. The van der Waals surface area contributed by atoms with Crippen molar-refractivity contribution in [2.24, 2.45) is 11.7 Å². The summed E-state index contributed by atoms with van der Waals surface area (Å²) in [4.78, 5) is 0. The van der Waals surface area contributed by atoms with Crippen LogP contribution in [0.1, 0.15) is 32.1 Å². The predicted octanol–water partition coefficient (Wildman–Crippen LogP) is 1.11. The summed E-state index contributed by atoms with van der Waals surface area (Å²) < 4.78 is 0. The smallest absolute Gasteiger partial charge is 0.00419 e. The molecule has 1 aliphatic rings. The average molecular weight is 156 g/mol. The molecule has 0 aliphatic heterocycles. The molecule has 3 N–H and O–H groups in total. The molecular formula is C9H20N2. The largest absolute Gasteiger partial charge is 0.328 e. The van der Waals surface area contributed by atoms with Crippen molar-refractivity contribution in [3.63, 3.8) is 0 Å². The highest BCUT2D eigenvalue weighted by Crippen LogP contribution is 2.33. The van der Waals surface area contributed by atoms with Crippen LogP contribution < -0.4 is 11.1 Å². The van der Waals surface area contributed by atoms with Gasteiger partial charge in [0.15, 0.2) is 0 Å². The molecule has 0 heterocycles. The molecule has 1 rings (SSSR count). The van der Waals surface area contributed by atoms with Crippen molar-refractivity contribution >= 4 is 0 Å². The Morgan fingerprint density at radius 3 is 2.82 bits per heavy atom. The minimum atomic E-state index is 0.468. The molecule has 1 aliphatic carbocycles. The van der Waals surface area contributed by atoms with Crippen molar-refractivity contribution in [2.45, 2.75) is 38.1 Å². The van der Waals surface area contributed by atoms with Gasteiger partial charge in [-0.25, -0.2) is 0 Å². The molecule has 0 saturated heterocycles. The van der Waals surface area contributed by atoms with Crippen LogP contribution in [-0.2, 0) is 0 Å². The number of nitrogens with two attached hydrogens (primary N) is 1. The Balaban J connectivity index is 1.87. The van der Waals surface area contributed by atoms with Gasteiger partial charge in [-0.1, -0.05) is 12.8 Å². The fraction of sp³-hybridized carbons (Fsp3) is 1.00. The molecule has 0 aromatic heterocycles. The first-order chi connectivity index (χ1) is 5.33. The van der Waals surface area contributed by atoms with E-state index in [1.54, 1.807) is 0 Å². The number of nitrogens with one attached hydrogen (secondary N) is 1.